The van der Waals surface area contributed by atoms with Crippen LogP contribution in [-0.2, 0) is 38.0 Å². The van der Waals surface area contributed by atoms with E-state index in [-0.39, 0.29) is 17.7 Å². The molecule has 178 valence electrons. The Morgan fingerprint density at radius 3 is 2.13 bits per heavy atom. The van der Waals surface area contributed by atoms with Crippen LogP contribution < -0.4 is 11.2 Å². The van der Waals surface area contributed by atoms with E-state index in [9.17, 15) is 38.4 Å². The smallest absolute Gasteiger partial charge is 0.387 e. The van der Waals surface area contributed by atoms with Crippen molar-refractivity contribution in [3.8, 4) is 0 Å². The van der Waals surface area contributed by atoms with Crippen LogP contribution in [0.4, 0.5) is 0 Å². The number of aromatic amines is 2. The van der Waals surface area contributed by atoms with Gasteiger partial charge in [0.05, 0.1) is 12.2 Å². The molecule has 0 saturated carbocycles. The summed E-state index contributed by atoms with van der Waals surface area (Å²) in [6.07, 6.45) is -6.44. The molecule has 2 rings (SSSR count). The molecule has 0 radical (unpaired) electrons. The minimum absolute atomic E-state index is 0.0959. The molecule has 1 saturated heterocycles. The zero-order valence-corrected chi connectivity index (χ0v) is 18.1. The second-order valence-electron chi connectivity index (χ2n) is 6.12. The standard InChI is InChI=1S/C11H19N2O15P3/c1-2-4-6(10(16)13-11(17)12-4)9-8(15)7(14)5(26-9)3-25-30(21,22)28-31(23,24)27-29(18,19)20/h5,7-9,14-15H,2-3H2,1H3,(H,21,22)(H,23,24)(H2,18,19,20)(H2,12,13,16,17)/t5-,7-,8-,9+/m1/s1. The maximum absolute atomic E-state index is 12.1. The van der Waals surface area contributed by atoms with E-state index in [4.69, 9.17) is 19.4 Å². The summed E-state index contributed by atoms with van der Waals surface area (Å²) in [5, 5.41) is 20.3. The minimum Gasteiger partial charge on any atom is -0.387 e. The van der Waals surface area contributed by atoms with Crippen LogP contribution >= 0.6 is 23.5 Å². The van der Waals surface area contributed by atoms with Gasteiger partial charge in [-0.2, -0.15) is 8.62 Å². The van der Waals surface area contributed by atoms with Crippen LogP contribution in [0.5, 0.6) is 0 Å². The van der Waals surface area contributed by atoms with Crippen LogP contribution in [0.1, 0.15) is 24.3 Å². The first-order valence-corrected chi connectivity index (χ1v) is 12.7. The first kappa shape index (κ1) is 26.2. The number of hydrogen-bond donors (Lipinski definition) is 8. The number of phosphoric ester groups is 1. The third kappa shape index (κ3) is 6.97. The highest BCUT2D eigenvalue weighted by atomic mass is 31.3. The fourth-order valence-electron chi connectivity index (χ4n) is 2.72. The van der Waals surface area contributed by atoms with E-state index in [1.807, 2.05) is 4.98 Å². The number of phosphoric acid groups is 3. The SMILES string of the molecule is CCc1[nH]c(=O)[nH]c(=O)c1[C@@H]1O[C@H](COP(=O)(O)OP(=O)(O)OP(=O)(O)O)[C@@H](O)[C@H]1O. The topological polar surface area (TPSA) is 275 Å². The number of H-pyrrole nitrogens is 2. The molecule has 1 aliphatic rings. The lowest BCUT2D eigenvalue weighted by Crippen LogP contribution is -2.35. The van der Waals surface area contributed by atoms with Gasteiger partial charge in [-0.15, -0.1) is 0 Å². The second kappa shape index (κ2) is 9.45. The Bertz CT molecular complexity index is 1060. The molecule has 8 N–H and O–H groups in total. The van der Waals surface area contributed by atoms with Gasteiger partial charge in [0, 0.05) is 5.69 Å². The van der Waals surface area contributed by atoms with E-state index < -0.39 is 65.7 Å². The van der Waals surface area contributed by atoms with Crippen LogP contribution in [0.2, 0.25) is 0 Å². The maximum atomic E-state index is 12.1. The van der Waals surface area contributed by atoms with Crippen LogP contribution in [0.3, 0.4) is 0 Å². The minimum atomic E-state index is -5.74. The molecule has 0 aromatic carbocycles. The number of aryl methyl sites for hydroxylation is 1. The van der Waals surface area contributed by atoms with E-state index in [1.165, 1.54) is 0 Å². The van der Waals surface area contributed by atoms with Gasteiger partial charge in [0.15, 0.2) is 0 Å². The monoisotopic (exact) mass is 512 g/mol. The number of hydrogen-bond acceptors (Lipinski definition) is 11. The van der Waals surface area contributed by atoms with E-state index in [0.29, 0.717) is 0 Å². The summed E-state index contributed by atoms with van der Waals surface area (Å²) in [6, 6.07) is 0. The van der Waals surface area contributed by atoms with Crippen LogP contribution in [0.25, 0.3) is 0 Å². The van der Waals surface area contributed by atoms with E-state index >= 15 is 0 Å². The summed E-state index contributed by atoms with van der Waals surface area (Å²) in [6.45, 7) is 0.542. The largest absolute Gasteiger partial charge is 0.490 e. The molecule has 20 heteroatoms. The third-order valence-electron chi connectivity index (χ3n) is 3.88. The van der Waals surface area contributed by atoms with Crippen molar-refractivity contribution in [2.45, 2.75) is 37.8 Å². The Morgan fingerprint density at radius 2 is 1.58 bits per heavy atom. The molecule has 1 aliphatic heterocycles. The summed E-state index contributed by atoms with van der Waals surface area (Å²) in [4.78, 5) is 63.3. The zero-order valence-electron chi connectivity index (χ0n) is 15.4. The number of rotatable bonds is 9. The third-order valence-corrected chi connectivity index (χ3v) is 7.68. The molecular weight excluding hydrogens is 493 g/mol. The lowest BCUT2D eigenvalue weighted by Gasteiger charge is -2.19. The number of ether oxygens (including phenoxy) is 1. The molecule has 1 aromatic heterocycles. The number of aromatic nitrogens is 2. The van der Waals surface area contributed by atoms with Crippen molar-refractivity contribution in [1.29, 1.82) is 0 Å². The molecule has 2 heterocycles. The van der Waals surface area contributed by atoms with Gasteiger partial charge in [-0.05, 0) is 6.42 Å². The molecule has 6 atom stereocenters. The lowest BCUT2D eigenvalue weighted by molar-refractivity contribution is -0.0230. The van der Waals surface area contributed by atoms with Crippen molar-refractivity contribution in [3.63, 3.8) is 0 Å². The predicted molar refractivity (Wildman–Crippen MR) is 96.5 cm³/mol. The Balaban J connectivity index is 2.14. The van der Waals surface area contributed by atoms with Gasteiger partial charge < -0.3 is 39.5 Å². The van der Waals surface area contributed by atoms with Crippen molar-refractivity contribution < 1.29 is 61.4 Å². The molecule has 17 nitrogen and oxygen atoms in total. The summed E-state index contributed by atoms with van der Waals surface area (Å²) in [5.74, 6) is 0. The van der Waals surface area contributed by atoms with E-state index in [1.54, 1.807) is 6.92 Å². The second-order valence-corrected chi connectivity index (χ2v) is 10.5. The van der Waals surface area contributed by atoms with Crippen molar-refractivity contribution in [1.82, 2.24) is 9.97 Å². The first-order valence-electron chi connectivity index (χ1n) is 8.20. The fourth-order valence-corrected chi connectivity index (χ4v) is 5.75. The highest BCUT2D eigenvalue weighted by Gasteiger charge is 2.47. The van der Waals surface area contributed by atoms with Crippen molar-refractivity contribution in [2.75, 3.05) is 6.61 Å². The maximum Gasteiger partial charge on any atom is 0.490 e. The average molecular weight is 512 g/mol. The van der Waals surface area contributed by atoms with E-state index in [2.05, 4.69) is 18.1 Å². The Labute approximate surface area is 172 Å². The fraction of sp³-hybridized carbons (Fsp3) is 0.636. The van der Waals surface area contributed by atoms with Crippen LogP contribution in [-0.4, -0.2) is 64.7 Å². The molecule has 0 amide bonds. The summed E-state index contributed by atoms with van der Waals surface area (Å²) < 4.78 is 50.4. The molecule has 2 unspecified atom stereocenters. The summed E-state index contributed by atoms with van der Waals surface area (Å²) >= 11 is 0. The molecule has 0 bridgehead atoms. The van der Waals surface area contributed by atoms with Gasteiger partial charge in [0.2, 0.25) is 0 Å². The quantitative estimate of drug-likeness (QED) is 0.168. The highest BCUT2D eigenvalue weighted by Crippen LogP contribution is 2.66. The molecule has 31 heavy (non-hydrogen) atoms. The zero-order chi connectivity index (χ0) is 23.8. The van der Waals surface area contributed by atoms with Crippen LogP contribution in [0, 0.1) is 0 Å². The van der Waals surface area contributed by atoms with Crippen molar-refractivity contribution in [3.05, 3.63) is 32.1 Å². The highest BCUT2D eigenvalue weighted by molar-refractivity contribution is 7.66. The van der Waals surface area contributed by atoms with Crippen LogP contribution in [0.15, 0.2) is 9.59 Å². The van der Waals surface area contributed by atoms with Gasteiger partial charge in [-0.1, -0.05) is 6.92 Å². The normalized spacial score (nSPS) is 28.2. The Kier molecular flexibility index (Phi) is 7.99. The van der Waals surface area contributed by atoms with Gasteiger partial charge in [0.25, 0.3) is 5.56 Å². The average Bonchev–Trinajstić information content (AvgIpc) is 2.84. The molecule has 1 aromatic rings. The molecular formula is C11H19N2O15P3. The van der Waals surface area contributed by atoms with Crippen molar-refractivity contribution >= 4 is 23.5 Å². The van der Waals surface area contributed by atoms with E-state index in [0.717, 1.165) is 0 Å². The Morgan fingerprint density at radius 1 is 0.968 bits per heavy atom. The van der Waals surface area contributed by atoms with Gasteiger partial charge in [-0.25, -0.2) is 18.5 Å². The summed E-state index contributed by atoms with van der Waals surface area (Å²) in [7, 11) is -16.8. The number of aliphatic hydroxyl groups is 2. The van der Waals surface area contributed by atoms with Gasteiger partial charge in [0.1, 0.15) is 24.4 Å². The first-order chi connectivity index (χ1) is 14.1. The lowest BCUT2D eigenvalue weighted by atomic mass is 10.0. The van der Waals surface area contributed by atoms with Crippen molar-refractivity contribution in [2.24, 2.45) is 0 Å². The number of aliphatic hydroxyl groups excluding tert-OH is 2. The van der Waals surface area contributed by atoms with Gasteiger partial charge >= 0.3 is 29.2 Å². The molecule has 1 fully saturated rings. The molecule has 0 aliphatic carbocycles. The Hall–Kier alpha value is -1.03. The van der Waals surface area contributed by atoms with Gasteiger partial charge in [-0.3, -0.25) is 14.3 Å². The number of nitrogens with one attached hydrogen (secondary N) is 2. The molecule has 0 spiro atoms. The predicted octanol–water partition coefficient (Wildman–Crippen LogP) is -1.87. The summed E-state index contributed by atoms with van der Waals surface area (Å²) in [5.41, 5.74) is -1.85.